The van der Waals surface area contributed by atoms with Crippen LogP contribution in [-0.2, 0) is 11.9 Å². The molecule has 1 nitrogen and oxygen atoms in total. The predicted molar refractivity (Wildman–Crippen MR) is 82.4 cm³/mol. The first kappa shape index (κ1) is 13.2. The zero-order valence-electron chi connectivity index (χ0n) is 10.9. The molecule has 0 unspecified atom stereocenters. The number of hydrogen-bond donors (Lipinski definition) is 0. The summed E-state index contributed by atoms with van der Waals surface area (Å²) in [6.45, 7) is 3.11. The molecule has 0 fully saturated rings. The minimum atomic E-state index is 0.913. The number of halogens is 1. The van der Waals surface area contributed by atoms with Gasteiger partial charge in [-0.05, 0) is 29.7 Å². The monoisotopic (exact) mass is 303 g/mol. The van der Waals surface area contributed by atoms with Gasteiger partial charge in [0.15, 0.2) is 0 Å². The number of aryl methyl sites for hydroxylation is 1. The van der Waals surface area contributed by atoms with Gasteiger partial charge in [0.1, 0.15) is 0 Å². The molecular formula is C16H18BrN. The number of rotatable bonds is 4. The van der Waals surface area contributed by atoms with Crippen LogP contribution in [0.2, 0.25) is 0 Å². The van der Waals surface area contributed by atoms with Gasteiger partial charge in [-0.15, -0.1) is 0 Å². The molecule has 94 valence electrons. The van der Waals surface area contributed by atoms with Crippen LogP contribution in [0.25, 0.3) is 0 Å². The molecule has 2 aromatic rings. The molecule has 0 saturated heterocycles. The zero-order chi connectivity index (χ0) is 13.0. The summed E-state index contributed by atoms with van der Waals surface area (Å²) < 4.78 is 0. The molecule has 0 spiro atoms. The molecule has 0 aromatic heterocycles. The number of nitrogens with zero attached hydrogens (tertiary/aromatic N) is 1. The van der Waals surface area contributed by atoms with Crippen molar-refractivity contribution in [2.75, 3.05) is 11.9 Å². The van der Waals surface area contributed by atoms with Gasteiger partial charge in [-0.3, -0.25) is 0 Å². The van der Waals surface area contributed by atoms with Gasteiger partial charge in [0.2, 0.25) is 0 Å². The summed E-state index contributed by atoms with van der Waals surface area (Å²) in [5, 5.41) is 0.913. The second-order valence-corrected chi connectivity index (χ2v) is 5.16. The molecule has 2 heteroatoms. The summed E-state index contributed by atoms with van der Waals surface area (Å²) >= 11 is 3.49. The van der Waals surface area contributed by atoms with Crippen LogP contribution < -0.4 is 4.90 Å². The maximum atomic E-state index is 3.49. The normalized spacial score (nSPS) is 10.4. The Bertz CT molecular complexity index is 508. The Morgan fingerprint density at radius 2 is 1.72 bits per heavy atom. The highest BCUT2D eigenvalue weighted by molar-refractivity contribution is 9.08. The number of benzene rings is 2. The van der Waals surface area contributed by atoms with E-state index in [1.807, 2.05) is 0 Å². The molecule has 0 aliphatic carbocycles. The average molecular weight is 304 g/mol. The molecule has 0 heterocycles. The fourth-order valence-electron chi connectivity index (χ4n) is 2.17. The van der Waals surface area contributed by atoms with Crippen LogP contribution >= 0.6 is 15.9 Å². The molecule has 0 bridgehead atoms. The highest BCUT2D eigenvalue weighted by atomic mass is 79.9. The molecule has 0 atom stereocenters. The minimum absolute atomic E-state index is 0.913. The first-order chi connectivity index (χ1) is 8.70. The molecule has 0 saturated carbocycles. The Hall–Kier alpha value is -1.28. The van der Waals surface area contributed by atoms with Crippen LogP contribution in [0.5, 0.6) is 0 Å². The van der Waals surface area contributed by atoms with Gasteiger partial charge in [-0.25, -0.2) is 0 Å². The van der Waals surface area contributed by atoms with Gasteiger partial charge >= 0.3 is 0 Å². The predicted octanol–water partition coefficient (Wildman–Crippen LogP) is 4.53. The molecule has 0 radical (unpaired) electrons. The SMILES string of the molecule is Cc1cc(CBr)ccc1N(C)Cc1ccccc1. The third-order valence-corrected chi connectivity index (χ3v) is 3.74. The molecule has 0 amide bonds. The maximum absolute atomic E-state index is 3.49. The smallest absolute Gasteiger partial charge is 0.0426 e. The van der Waals surface area contributed by atoms with Crippen LogP contribution in [-0.4, -0.2) is 7.05 Å². The van der Waals surface area contributed by atoms with Gasteiger partial charge < -0.3 is 4.90 Å². The van der Waals surface area contributed by atoms with Crippen molar-refractivity contribution in [2.45, 2.75) is 18.8 Å². The average Bonchev–Trinajstić information content (AvgIpc) is 2.39. The molecule has 0 N–H and O–H groups in total. The van der Waals surface area contributed by atoms with Crippen molar-refractivity contribution >= 4 is 21.6 Å². The first-order valence-corrected chi connectivity index (χ1v) is 7.23. The zero-order valence-corrected chi connectivity index (χ0v) is 12.4. The standard InChI is InChI=1S/C16H18BrN/c1-13-10-15(11-17)8-9-16(13)18(2)12-14-6-4-3-5-7-14/h3-10H,11-12H2,1-2H3. The van der Waals surface area contributed by atoms with E-state index in [9.17, 15) is 0 Å². The second-order valence-electron chi connectivity index (χ2n) is 4.60. The van der Waals surface area contributed by atoms with Gasteiger partial charge in [0.05, 0.1) is 0 Å². The highest BCUT2D eigenvalue weighted by Gasteiger charge is 2.05. The molecule has 2 rings (SSSR count). The van der Waals surface area contributed by atoms with Crippen molar-refractivity contribution in [1.29, 1.82) is 0 Å². The van der Waals surface area contributed by atoms with E-state index in [1.165, 1.54) is 22.4 Å². The van der Waals surface area contributed by atoms with E-state index in [-0.39, 0.29) is 0 Å². The van der Waals surface area contributed by atoms with Crippen molar-refractivity contribution < 1.29 is 0 Å². The van der Waals surface area contributed by atoms with E-state index in [1.54, 1.807) is 0 Å². The van der Waals surface area contributed by atoms with Crippen molar-refractivity contribution in [2.24, 2.45) is 0 Å². The third kappa shape index (κ3) is 3.14. The summed E-state index contributed by atoms with van der Waals surface area (Å²) in [6, 6.07) is 17.2. The fraction of sp³-hybridized carbons (Fsp3) is 0.250. The Morgan fingerprint density at radius 1 is 1.00 bits per heavy atom. The van der Waals surface area contributed by atoms with Crippen LogP contribution in [0.4, 0.5) is 5.69 Å². The van der Waals surface area contributed by atoms with Crippen molar-refractivity contribution in [3.8, 4) is 0 Å². The quantitative estimate of drug-likeness (QED) is 0.750. The van der Waals surface area contributed by atoms with E-state index in [4.69, 9.17) is 0 Å². The van der Waals surface area contributed by atoms with Crippen LogP contribution in [0, 0.1) is 6.92 Å². The van der Waals surface area contributed by atoms with Crippen molar-refractivity contribution in [3.63, 3.8) is 0 Å². The third-order valence-electron chi connectivity index (χ3n) is 3.09. The van der Waals surface area contributed by atoms with Crippen LogP contribution in [0.1, 0.15) is 16.7 Å². The molecular weight excluding hydrogens is 286 g/mol. The number of anilines is 1. The summed E-state index contributed by atoms with van der Waals surface area (Å²) in [4.78, 5) is 2.29. The number of alkyl halides is 1. The topological polar surface area (TPSA) is 3.24 Å². The van der Waals surface area contributed by atoms with Crippen LogP contribution in [0.3, 0.4) is 0 Å². The lowest BCUT2D eigenvalue weighted by Gasteiger charge is -2.22. The molecule has 18 heavy (non-hydrogen) atoms. The lowest BCUT2D eigenvalue weighted by molar-refractivity contribution is 0.917. The van der Waals surface area contributed by atoms with E-state index in [0.717, 1.165) is 11.9 Å². The fourth-order valence-corrected chi connectivity index (χ4v) is 2.52. The number of hydrogen-bond acceptors (Lipinski definition) is 1. The van der Waals surface area contributed by atoms with Gasteiger partial charge in [-0.2, -0.15) is 0 Å². The lowest BCUT2D eigenvalue weighted by Crippen LogP contribution is -2.17. The van der Waals surface area contributed by atoms with E-state index in [2.05, 4.69) is 83.3 Å². The molecule has 0 aliphatic rings. The van der Waals surface area contributed by atoms with Crippen molar-refractivity contribution in [3.05, 3.63) is 65.2 Å². The lowest BCUT2D eigenvalue weighted by atomic mass is 10.1. The highest BCUT2D eigenvalue weighted by Crippen LogP contribution is 2.22. The minimum Gasteiger partial charge on any atom is -0.370 e. The molecule has 0 aliphatic heterocycles. The Labute approximate surface area is 118 Å². The molecule has 2 aromatic carbocycles. The van der Waals surface area contributed by atoms with Gasteiger partial charge in [-0.1, -0.05) is 58.4 Å². The van der Waals surface area contributed by atoms with E-state index >= 15 is 0 Å². The summed E-state index contributed by atoms with van der Waals surface area (Å²) in [7, 11) is 2.14. The summed E-state index contributed by atoms with van der Waals surface area (Å²) in [5.41, 5.74) is 5.28. The Kier molecular flexibility index (Phi) is 4.43. The van der Waals surface area contributed by atoms with E-state index < -0.39 is 0 Å². The van der Waals surface area contributed by atoms with Crippen molar-refractivity contribution in [1.82, 2.24) is 0 Å². The summed E-state index contributed by atoms with van der Waals surface area (Å²) in [6.07, 6.45) is 0. The van der Waals surface area contributed by atoms with Gasteiger partial charge in [0, 0.05) is 24.6 Å². The first-order valence-electron chi connectivity index (χ1n) is 6.11. The van der Waals surface area contributed by atoms with Crippen LogP contribution in [0.15, 0.2) is 48.5 Å². The second kappa shape index (κ2) is 6.05. The maximum Gasteiger partial charge on any atom is 0.0426 e. The Morgan fingerprint density at radius 3 is 2.33 bits per heavy atom. The Balaban J connectivity index is 2.16. The summed E-state index contributed by atoms with van der Waals surface area (Å²) in [5.74, 6) is 0. The van der Waals surface area contributed by atoms with E-state index in [0.29, 0.717) is 0 Å². The van der Waals surface area contributed by atoms with Gasteiger partial charge in [0.25, 0.3) is 0 Å². The largest absolute Gasteiger partial charge is 0.370 e.